The molecule has 0 saturated carbocycles. The van der Waals surface area contributed by atoms with Gasteiger partial charge >= 0.3 is 5.97 Å². The van der Waals surface area contributed by atoms with Crippen molar-refractivity contribution in [1.29, 1.82) is 0 Å². The van der Waals surface area contributed by atoms with Gasteiger partial charge < -0.3 is 25.2 Å². The summed E-state index contributed by atoms with van der Waals surface area (Å²) in [6, 6.07) is 4.90. The summed E-state index contributed by atoms with van der Waals surface area (Å²) in [7, 11) is 3.25. The summed E-state index contributed by atoms with van der Waals surface area (Å²) in [5, 5.41) is 9.25. The normalized spacial score (nSPS) is 22.7. The van der Waals surface area contributed by atoms with E-state index >= 15 is 0 Å². The smallest absolute Gasteiger partial charge is 0.337 e. The first-order valence-corrected chi connectivity index (χ1v) is 6.00. The third-order valence-corrected chi connectivity index (χ3v) is 3.41. The maximum absolute atomic E-state index is 11.3. The van der Waals surface area contributed by atoms with Gasteiger partial charge in [-0.3, -0.25) is 0 Å². The molecule has 2 rings (SSSR count). The van der Waals surface area contributed by atoms with Crippen molar-refractivity contribution in [1.82, 2.24) is 0 Å². The van der Waals surface area contributed by atoms with E-state index in [0.717, 1.165) is 0 Å². The topological polar surface area (TPSA) is 85.0 Å². The molecular formula is C13H18N2O4. The monoisotopic (exact) mass is 266 g/mol. The third-order valence-electron chi connectivity index (χ3n) is 3.41. The number of nitrogen functional groups attached to an aromatic ring is 1. The Morgan fingerprint density at radius 1 is 1.32 bits per heavy atom. The molecule has 1 aromatic carbocycles. The zero-order valence-electron chi connectivity index (χ0n) is 11.0. The summed E-state index contributed by atoms with van der Waals surface area (Å²) in [4.78, 5) is 13.2. The number of anilines is 2. The van der Waals surface area contributed by atoms with E-state index in [1.807, 2.05) is 4.90 Å². The van der Waals surface area contributed by atoms with Crippen LogP contribution in [-0.2, 0) is 9.47 Å². The van der Waals surface area contributed by atoms with Crippen LogP contribution >= 0.6 is 0 Å². The van der Waals surface area contributed by atoms with Gasteiger partial charge in [-0.05, 0) is 18.2 Å². The minimum Gasteiger partial charge on any atom is -0.478 e. The zero-order valence-corrected chi connectivity index (χ0v) is 11.0. The Bertz CT molecular complexity index is 466. The summed E-state index contributed by atoms with van der Waals surface area (Å²) in [5.41, 5.74) is 6.92. The Labute approximate surface area is 111 Å². The van der Waals surface area contributed by atoms with Gasteiger partial charge in [-0.25, -0.2) is 4.79 Å². The van der Waals surface area contributed by atoms with E-state index in [9.17, 15) is 9.90 Å². The van der Waals surface area contributed by atoms with Crippen LogP contribution in [0.15, 0.2) is 18.2 Å². The van der Waals surface area contributed by atoms with Crippen LogP contribution in [0.5, 0.6) is 0 Å². The van der Waals surface area contributed by atoms with E-state index in [4.69, 9.17) is 15.2 Å². The van der Waals surface area contributed by atoms with E-state index in [1.165, 1.54) is 6.07 Å². The lowest BCUT2D eigenvalue weighted by Gasteiger charge is -2.20. The fraction of sp³-hybridized carbons (Fsp3) is 0.462. The summed E-state index contributed by atoms with van der Waals surface area (Å²) in [6.45, 7) is 1.19. The van der Waals surface area contributed by atoms with Crippen molar-refractivity contribution in [3.05, 3.63) is 23.8 Å². The number of carboxylic acids is 1. The molecule has 0 aromatic heterocycles. The van der Waals surface area contributed by atoms with Crippen LogP contribution < -0.4 is 10.6 Å². The van der Waals surface area contributed by atoms with Gasteiger partial charge in [0.2, 0.25) is 0 Å². The SMILES string of the molecule is COC1CN(c2ccc(N)cc2C(=O)O)CC1OC. The van der Waals surface area contributed by atoms with Crippen LogP contribution in [0.25, 0.3) is 0 Å². The minimum atomic E-state index is -0.989. The van der Waals surface area contributed by atoms with Gasteiger partial charge in [-0.15, -0.1) is 0 Å². The highest BCUT2D eigenvalue weighted by Gasteiger charge is 2.34. The lowest BCUT2D eigenvalue weighted by Crippen LogP contribution is -2.27. The molecule has 1 aliphatic rings. The fourth-order valence-electron chi connectivity index (χ4n) is 2.39. The van der Waals surface area contributed by atoms with Crippen molar-refractivity contribution in [2.75, 3.05) is 37.9 Å². The summed E-state index contributed by atoms with van der Waals surface area (Å²) in [6.07, 6.45) is -0.131. The average molecular weight is 266 g/mol. The van der Waals surface area contributed by atoms with Gasteiger partial charge in [0.15, 0.2) is 0 Å². The Morgan fingerprint density at radius 3 is 2.37 bits per heavy atom. The molecule has 1 saturated heterocycles. The number of nitrogens with two attached hydrogens (primary N) is 1. The number of methoxy groups -OCH3 is 2. The van der Waals surface area contributed by atoms with Crippen molar-refractivity contribution < 1.29 is 19.4 Å². The second kappa shape index (κ2) is 5.46. The molecule has 1 fully saturated rings. The largest absolute Gasteiger partial charge is 0.478 e. The van der Waals surface area contributed by atoms with Gasteiger partial charge in [-0.1, -0.05) is 0 Å². The van der Waals surface area contributed by atoms with E-state index in [0.29, 0.717) is 24.5 Å². The second-order valence-corrected chi connectivity index (χ2v) is 4.54. The van der Waals surface area contributed by atoms with Crippen LogP contribution in [0.3, 0.4) is 0 Å². The molecule has 104 valence electrons. The summed E-state index contributed by atoms with van der Waals surface area (Å²) >= 11 is 0. The molecule has 1 heterocycles. The maximum atomic E-state index is 11.3. The molecule has 2 atom stereocenters. The lowest BCUT2D eigenvalue weighted by molar-refractivity contribution is -0.00461. The summed E-state index contributed by atoms with van der Waals surface area (Å²) in [5.74, 6) is -0.989. The van der Waals surface area contributed by atoms with Gasteiger partial charge in [0.25, 0.3) is 0 Å². The Hall–Kier alpha value is -1.79. The number of carbonyl (C=O) groups is 1. The number of nitrogens with zero attached hydrogens (tertiary/aromatic N) is 1. The molecule has 19 heavy (non-hydrogen) atoms. The van der Waals surface area contributed by atoms with Crippen LogP contribution in [0.1, 0.15) is 10.4 Å². The number of aromatic carboxylic acids is 1. The van der Waals surface area contributed by atoms with Crippen molar-refractivity contribution in [2.24, 2.45) is 0 Å². The Balaban J connectivity index is 2.30. The van der Waals surface area contributed by atoms with Crippen molar-refractivity contribution in [3.8, 4) is 0 Å². The van der Waals surface area contributed by atoms with E-state index in [1.54, 1.807) is 26.4 Å². The molecule has 0 amide bonds. The quantitative estimate of drug-likeness (QED) is 0.785. The number of rotatable bonds is 4. The molecule has 0 spiro atoms. The van der Waals surface area contributed by atoms with E-state index in [-0.39, 0.29) is 17.8 Å². The predicted molar refractivity (Wildman–Crippen MR) is 71.6 cm³/mol. The summed E-state index contributed by atoms with van der Waals surface area (Å²) < 4.78 is 10.7. The molecular weight excluding hydrogens is 248 g/mol. The molecule has 1 aliphatic heterocycles. The first-order chi connectivity index (χ1) is 9.06. The standard InChI is InChI=1S/C13H18N2O4/c1-18-11-6-15(7-12(11)19-2)10-4-3-8(14)5-9(10)13(16)17/h3-5,11-12H,6-7,14H2,1-2H3,(H,16,17). The van der Waals surface area contributed by atoms with Crippen LogP contribution in [0, 0.1) is 0 Å². The van der Waals surface area contributed by atoms with Gasteiger partial charge in [0.05, 0.1) is 11.3 Å². The highest BCUT2D eigenvalue weighted by Crippen LogP contribution is 2.28. The van der Waals surface area contributed by atoms with Crippen molar-refractivity contribution in [3.63, 3.8) is 0 Å². The highest BCUT2D eigenvalue weighted by atomic mass is 16.5. The number of hydrogen-bond acceptors (Lipinski definition) is 5. The molecule has 6 heteroatoms. The molecule has 2 unspecified atom stereocenters. The predicted octanol–water partition coefficient (Wildman–Crippen LogP) is 0.817. The maximum Gasteiger partial charge on any atom is 0.337 e. The van der Waals surface area contributed by atoms with Crippen molar-refractivity contribution in [2.45, 2.75) is 12.2 Å². The van der Waals surface area contributed by atoms with Crippen LogP contribution in [-0.4, -0.2) is 50.6 Å². The Morgan fingerprint density at radius 2 is 1.89 bits per heavy atom. The first-order valence-electron chi connectivity index (χ1n) is 6.00. The average Bonchev–Trinajstić information content (AvgIpc) is 2.81. The minimum absolute atomic E-state index is 0.0656. The van der Waals surface area contributed by atoms with Gasteiger partial charge in [0, 0.05) is 33.0 Å². The molecule has 0 aliphatic carbocycles. The molecule has 0 bridgehead atoms. The lowest BCUT2D eigenvalue weighted by atomic mass is 10.1. The van der Waals surface area contributed by atoms with Crippen LogP contribution in [0.4, 0.5) is 11.4 Å². The molecule has 1 aromatic rings. The van der Waals surface area contributed by atoms with Crippen molar-refractivity contribution >= 4 is 17.3 Å². The molecule has 0 radical (unpaired) electrons. The molecule has 3 N–H and O–H groups in total. The third kappa shape index (κ3) is 2.64. The van der Waals surface area contributed by atoms with Crippen LogP contribution in [0.2, 0.25) is 0 Å². The zero-order chi connectivity index (χ0) is 14.0. The fourth-order valence-corrected chi connectivity index (χ4v) is 2.39. The number of benzene rings is 1. The van der Waals surface area contributed by atoms with E-state index < -0.39 is 5.97 Å². The van der Waals surface area contributed by atoms with E-state index in [2.05, 4.69) is 0 Å². The molecule has 6 nitrogen and oxygen atoms in total. The number of hydrogen-bond donors (Lipinski definition) is 2. The van der Waals surface area contributed by atoms with Gasteiger partial charge in [-0.2, -0.15) is 0 Å². The van der Waals surface area contributed by atoms with Gasteiger partial charge in [0.1, 0.15) is 12.2 Å². The Kier molecular flexibility index (Phi) is 3.92. The first kappa shape index (κ1) is 13.6. The number of ether oxygens (including phenoxy) is 2. The highest BCUT2D eigenvalue weighted by molar-refractivity contribution is 5.95. The number of carboxylic acid groups (broad SMARTS) is 1. The second-order valence-electron chi connectivity index (χ2n) is 4.54.